The average molecular weight is 277 g/mol. The summed E-state index contributed by atoms with van der Waals surface area (Å²) in [6, 6.07) is 0. The van der Waals surface area contributed by atoms with Gasteiger partial charge in [-0.25, -0.2) is 0 Å². The van der Waals surface area contributed by atoms with Crippen molar-refractivity contribution in [3.05, 3.63) is 10.6 Å². The second-order valence-corrected chi connectivity index (χ2v) is 6.32. The smallest absolute Gasteiger partial charge is 0.213 e. The van der Waals surface area contributed by atoms with Crippen molar-refractivity contribution in [2.75, 3.05) is 19.4 Å². The van der Waals surface area contributed by atoms with Crippen LogP contribution in [0.1, 0.15) is 39.5 Å². The van der Waals surface area contributed by atoms with Gasteiger partial charge in [0.05, 0.1) is 0 Å². The Morgan fingerprint density at radius 2 is 2.12 bits per heavy atom. The molecule has 0 fully saturated rings. The maximum absolute atomic E-state index is 10.7. The maximum Gasteiger partial charge on any atom is 0.213 e. The Bertz CT molecular complexity index is 245. The number of carbonyl (C=O) groups excluding carboxylic acids is 1. The van der Waals surface area contributed by atoms with Gasteiger partial charge in [0, 0.05) is 36.4 Å². The molecule has 5 heteroatoms. The third-order valence-electron chi connectivity index (χ3n) is 2.42. The Morgan fingerprint density at radius 1 is 1.41 bits per heavy atom. The lowest BCUT2D eigenvalue weighted by atomic mass is 10.3. The van der Waals surface area contributed by atoms with E-state index in [1.807, 2.05) is 6.92 Å². The van der Waals surface area contributed by atoms with E-state index in [0.717, 1.165) is 22.8 Å². The van der Waals surface area contributed by atoms with Crippen LogP contribution in [0.3, 0.4) is 0 Å². The van der Waals surface area contributed by atoms with E-state index in [0.29, 0.717) is 6.42 Å². The molecule has 17 heavy (non-hydrogen) atoms. The van der Waals surface area contributed by atoms with Crippen molar-refractivity contribution in [1.82, 2.24) is 4.90 Å². The van der Waals surface area contributed by atoms with E-state index in [4.69, 9.17) is 5.11 Å². The molecule has 1 N–H and O–H groups in total. The molecule has 1 amide bonds. The molecular formula is C12H23NO2S2. The third-order valence-corrected chi connectivity index (χ3v) is 5.15. The van der Waals surface area contributed by atoms with Gasteiger partial charge < -0.3 is 10.0 Å². The highest BCUT2D eigenvalue weighted by molar-refractivity contribution is 8.78. The van der Waals surface area contributed by atoms with Gasteiger partial charge in [0.15, 0.2) is 0 Å². The lowest BCUT2D eigenvalue weighted by molar-refractivity contribution is -0.115. The predicted molar refractivity (Wildman–Crippen MR) is 77.8 cm³/mol. The molecule has 0 aromatic rings. The van der Waals surface area contributed by atoms with Crippen molar-refractivity contribution in [3.8, 4) is 0 Å². The Hall–Kier alpha value is -0.130. The van der Waals surface area contributed by atoms with Gasteiger partial charge >= 0.3 is 0 Å². The zero-order valence-corrected chi connectivity index (χ0v) is 12.6. The monoisotopic (exact) mass is 277 g/mol. The number of aliphatic hydroxyl groups excluding tert-OH is 1. The van der Waals surface area contributed by atoms with E-state index in [-0.39, 0.29) is 6.61 Å². The highest BCUT2D eigenvalue weighted by Gasteiger charge is 2.07. The molecule has 0 rings (SSSR count). The fourth-order valence-electron chi connectivity index (χ4n) is 1.18. The number of hydrogen-bond donors (Lipinski definition) is 1. The highest BCUT2D eigenvalue weighted by Crippen LogP contribution is 2.35. The zero-order chi connectivity index (χ0) is 13.1. The predicted octanol–water partition coefficient (Wildman–Crippen LogP) is 3.26. The SMILES string of the molecule is CCCCCSS/C(CCO)=C(/C)N(C)C=O. The van der Waals surface area contributed by atoms with E-state index >= 15 is 0 Å². The van der Waals surface area contributed by atoms with E-state index < -0.39 is 0 Å². The van der Waals surface area contributed by atoms with Crippen molar-refractivity contribution >= 4 is 28.0 Å². The van der Waals surface area contributed by atoms with E-state index in [1.165, 1.54) is 19.3 Å². The first-order chi connectivity index (χ1) is 8.17. The van der Waals surface area contributed by atoms with Gasteiger partial charge in [-0.2, -0.15) is 0 Å². The van der Waals surface area contributed by atoms with Crippen LogP contribution in [0.2, 0.25) is 0 Å². The van der Waals surface area contributed by atoms with Crippen LogP contribution in [0.5, 0.6) is 0 Å². The topological polar surface area (TPSA) is 40.5 Å². The number of allylic oxidation sites excluding steroid dienone is 1. The normalized spacial score (nSPS) is 12.2. The summed E-state index contributed by atoms with van der Waals surface area (Å²) in [5.74, 6) is 1.12. The van der Waals surface area contributed by atoms with E-state index in [1.54, 1.807) is 33.5 Å². The van der Waals surface area contributed by atoms with Gasteiger partial charge in [0.25, 0.3) is 0 Å². The summed E-state index contributed by atoms with van der Waals surface area (Å²) in [6.45, 7) is 4.24. The van der Waals surface area contributed by atoms with Crippen LogP contribution in [-0.2, 0) is 4.79 Å². The van der Waals surface area contributed by atoms with Crippen molar-refractivity contribution in [2.45, 2.75) is 39.5 Å². The second kappa shape index (κ2) is 11.0. The van der Waals surface area contributed by atoms with Crippen LogP contribution in [0, 0.1) is 0 Å². The summed E-state index contributed by atoms with van der Waals surface area (Å²) < 4.78 is 0. The number of aliphatic hydroxyl groups is 1. The van der Waals surface area contributed by atoms with Gasteiger partial charge in [-0.15, -0.1) is 0 Å². The van der Waals surface area contributed by atoms with Gasteiger partial charge in [-0.1, -0.05) is 41.4 Å². The minimum absolute atomic E-state index is 0.127. The summed E-state index contributed by atoms with van der Waals surface area (Å²) in [5.41, 5.74) is 0.932. The van der Waals surface area contributed by atoms with Gasteiger partial charge in [-0.3, -0.25) is 4.79 Å². The Kier molecular flexibility index (Phi) is 10.9. The molecular weight excluding hydrogens is 254 g/mol. The minimum Gasteiger partial charge on any atom is -0.396 e. The van der Waals surface area contributed by atoms with Crippen LogP contribution in [0.4, 0.5) is 0 Å². The van der Waals surface area contributed by atoms with Crippen LogP contribution in [-0.4, -0.2) is 35.8 Å². The summed E-state index contributed by atoms with van der Waals surface area (Å²) in [7, 11) is 5.22. The highest BCUT2D eigenvalue weighted by atomic mass is 33.1. The molecule has 0 spiro atoms. The van der Waals surface area contributed by atoms with Crippen LogP contribution >= 0.6 is 21.6 Å². The molecule has 0 radical (unpaired) electrons. The van der Waals surface area contributed by atoms with Crippen molar-refractivity contribution in [2.24, 2.45) is 0 Å². The summed E-state index contributed by atoms with van der Waals surface area (Å²) >= 11 is 0. The van der Waals surface area contributed by atoms with Gasteiger partial charge in [0.1, 0.15) is 0 Å². The Balaban J connectivity index is 4.18. The first kappa shape index (κ1) is 16.9. The molecule has 0 aromatic heterocycles. The fraction of sp³-hybridized carbons (Fsp3) is 0.750. The van der Waals surface area contributed by atoms with Crippen LogP contribution in [0.25, 0.3) is 0 Å². The number of hydrogen-bond acceptors (Lipinski definition) is 4. The maximum atomic E-state index is 10.7. The molecule has 0 saturated heterocycles. The number of rotatable bonds is 10. The first-order valence-electron chi connectivity index (χ1n) is 5.95. The minimum atomic E-state index is 0.127. The molecule has 0 aliphatic carbocycles. The Morgan fingerprint density at radius 3 is 2.65 bits per heavy atom. The standard InChI is InChI=1S/C12H23NO2S2/c1-4-5-6-9-16-17-12(7-8-14)11(2)13(3)10-15/h10,14H,4-9H2,1-3H3/b12-11-. The van der Waals surface area contributed by atoms with E-state index in [2.05, 4.69) is 6.92 Å². The lowest BCUT2D eigenvalue weighted by Crippen LogP contribution is -2.14. The molecule has 100 valence electrons. The van der Waals surface area contributed by atoms with Crippen molar-refractivity contribution in [1.29, 1.82) is 0 Å². The fourth-order valence-corrected chi connectivity index (χ4v) is 3.81. The quantitative estimate of drug-likeness (QED) is 0.378. The molecule has 3 nitrogen and oxygen atoms in total. The number of amides is 1. The average Bonchev–Trinajstić information content (AvgIpc) is 2.35. The molecule has 0 atom stereocenters. The summed E-state index contributed by atoms with van der Waals surface area (Å²) in [4.78, 5) is 13.3. The third kappa shape index (κ3) is 7.73. The van der Waals surface area contributed by atoms with Crippen molar-refractivity contribution in [3.63, 3.8) is 0 Å². The molecule has 0 unspecified atom stereocenters. The van der Waals surface area contributed by atoms with Gasteiger partial charge in [-0.05, 0) is 13.3 Å². The number of nitrogens with zero attached hydrogens (tertiary/aromatic N) is 1. The second-order valence-electron chi connectivity index (χ2n) is 3.81. The van der Waals surface area contributed by atoms with Crippen molar-refractivity contribution < 1.29 is 9.90 Å². The Labute approximate surface area is 112 Å². The van der Waals surface area contributed by atoms with Crippen LogP contribution in [0.15, 0.2) is 10.6 Å². The zero-order valence-electron chi connectivity index (χ0n) is 10.9. The molecule has 0 saturated carbocycles. The molecule has 0 aliphatic rings. The number of unbranched alkanes of at least 4 members (excludes halogenated alkanes) is 2. The van der Waals surface area contributed by atoms with Gasteiger partial charge in [0.2, 0.25) is 6.41 Å². The van der Waals surface area contributed by atoms with E-state index in [9.17, 15) is 4.79 Å². The summed E-state index contributed by atoms with van der Waals surface area (Å²) in [6.07, 6.45) is 5.14. The summed E-state index contributed by atoms with van der Waals surface area (Å²) in [5, 5.41) is 9.02. The first-order valence-corrected chi connectivity index (χ1v) is 8.27. The number of carbonyl (C=O) groups is 1. The molecule has 0 aliphatic heterocycles. The molecule has 0 heterocycles. The molecule has 0 aromatic carbocycles. The lowest BCUT2D eigenvalue weighted by Gasteiger charge is -2.16. The van der Waals surface area contributed by atoms with Crippen LogP contribution < -0.4 is 0 Å². The molecule has 0 bridgehead atoms. The largest absolute Gasteiger partial charge is 0.396 e.